The third-order valence-corrected chi connectivity index (χ3v) is 6.54. The molecule has 2 aromatic carbocycles. The van der Waals surface area contributed by atoms with Crippen LogP contribution in [0.25, 0.3) is 27.8 Å². The number of hydrogen-bond acceptors (Lipinski definition) is 3. The lowest BCUT2D eigenvalue weighted by Gasteiger charge is -2.29. The van der Waals surface area contributed by atoms with Gasteiger partial charge in [-0.05, 0) is 63.9 Å². The average molecular weight is 443 g/mol. The Kier molecular flexibility index (Phi) is 5.13. The molecule has 1 aliphatic rings. The van der Waals surface area contributed by atoms with Crippen LogP contribution in [0.2, 0.25) is 0 Å². The van der Waals surface area contributed by atoms with Crippen LogP contribution in [0, 0.1) is 13.8 Å². The van der Waals surface area contributed by atoms with Crippen LogP contribution < -0.4 is 0 Å². The van der Waals surface area contributed by atoms with E-state index in [4.69, 9.17) is 9.84 Å². The van der Waals surface area contributed by atoms with Gasteiger partial charge in [-0.15, -0.1) is 0 Å². The molecule has 1 amide bonds. The first-order valence-corrected chi connectivity index (χ1v) is 11.5. The van der Waals surface area contributed by atoms with Gasteiger partial charge in [0.2, 0.25) is 0 Å². The normalized spacial score (nSPS) is 13.7. The number of fused-ring (bicyclic) bond motifs is 2. The van der Waals surface area contributed by atoms with E-state index in [2.05, 4.69) is 66.0 Å². The molecule has 33 heavy (non-hydrogen) atoms. The fraction of sp³-hybridized carbons (Fsp3) is 0.333. The molecule has 0 fully saturated rings. The number of H-pyrrole nitrogens is 1. The third-order valence-electron chi connectivity index (χ3n) is 6.54. The molecule has 6 heteroatoms. The summed E-state index contributed by atoms with van der Waals surface area (Å²) in [4.78, 5) is 18.4. The summed E-state index contributed by atoms with van der Waals surface area (Å²) in [6, 6.07) is 14.8. The summed E-state index contributed by atoms with van der Waals surface area (Å²) in [6.45, 7) is 11.3. The van der Waals surface area contributed by atoms with Crippen LogP contribution in [0.4, 0.5) is 0 Å². The van der Waals surface area contributed by atoms with Crippen LogP contribution in [0.15, 0.2) is 48.7 Å². The Balaban J connectivity index is 1.65. The van der Waals surface area contributed by atoms with Crippen molar-refractivity contribution in [3.8, 4) is 16.9 Å². The molecule has 6 nitrogen and oxygen atoms in total. The molecule has 3 heterocycles. The van der Waals surface area contributed by atoms with Gasteiger partial charge in [-0.2, -0.15) is 5.10 Å². The smallest absolute Gasteiger partial charge is 0.254 e. The highest BCUT2D eigenvalue weighted by atomic mass is 16.5. The predicted molar refractivity (Wildman–Crippen MR) is 130 cm³/mol. The van der Waals surface area contributed by atoms with E-state index in [0.717, 1.165) is 39.1 Å². The van der Waals surface area contributed by atoms with Gasteiger partial charge in [0, 0.05) is 34.8 Å². The van der Waals surface area contributed by atoms with Gasteiger partial charge in [-0.3, -0.25) is 4.79 Å². The van der Waals surface area contributed by atoms with Crippen molar-refractivity contribution in [2.45, 2.75) is 53.3 Å². The summed E-state index contributed by atoms with van der Waals surface area (Å²) >= 11 is 0. The van der Waals surface area contributed by atoms with Crippen molar-refractivity contribution in [2.24, 2.45) is 0 Å². The summed E-state index contributed by atoms with van der Waals surface area (Å²) in [5.74, 6) is -0.00647. The van der Waals surface area contributed by atoms with Crippen LogP contribution in [0.3, 0.4) is 0 Å². The van der Waals surface area contributed by atoms with Crippen molar-refractivity contribution in [3.63, 3.8) is 0 Å². The quantitative estimate of drug-likeness (QED) is 0.456. The van der Waals surface area contributed by atoms with Crippen molar-refractivity contribution in [1.29, 1.82) is 0 Å². The molecule has 0 atom stereocenters. The Bertz CT molecular complexity index is 1340. The van der Waals surface area contributed by atoms with Crippen LogP contribution in [-0.2, 0) is 22.6 Å². The third kappa shape index (κ3) is 3.55. The first kappa shape index (κ1) is 21.5. The van der Waals surface area contributed by atoms with E-state index in [1.807, 2.05) is 31.9 Å². The van der Waals surface area contributed by atoms with E-state index in [-0.39, 0.29) is 5.91 Å². The molecular formula is C27H30N4O2. The lowest BCUT2D eigenvalue weighted by Crippen LogP contribution is -2.44. The zero-order valence-electron chi connectivity index (χ0n) is 19.9. The van der Waals surface area contributed by atoms with Crippen molar-refractivity contribution in [3.05, 3.63) is 71.0 Å². The highest BCUT2D eigenvalue weighted by Crippen LogP contribution is 2.38. The van der Waals surface area contributed by atoms with Crippen LogP contribution in [-0.4, -0.2) is 37.8 Å². The highest BCUT2D eigenvalue weighted by Gasteiger charge is 2.38. The number of rotatable bonds is 5. The van der Waals surface area contributed by atoms with Crippen LogP contribution in [0.5, 0.6) is 0 Å². The SMILES string of the molecule is CCOC(C)(C)C(=O)N1Cc2nn(-c3c(C)cccc3C)c(-c3ccc4[nH]ccc4c3)c2C1. The van der Waals surface area contributed by atoms with Gasteiger partial charge < -0.3 is 14.6 Å². The minimum absolute atomic E-state index is 0.00647. The Morgan fingerprint density at radius 2 is 1.88 bits per heavy atom. The van der Waals surface area contributed by atoms with Gasteiger partial charge in [0.25, 0.3) is 5.91 Å². The number of amides is 1. The Morgan fingerprint density at radius 3 is 2.61 bits per heavy atom. The molecule has 1 N–H and O–H groups in total. The topological polar surface area (TPSA) is 63.1 Å². The van der Waals surface area contributed by atoms with E-state index < -0.39 is 5.60 Å². The van der Waals surface area contributed by atoms with Gasteiger partial charge in [0.05, 0.1) is 30.2 Å². The fourth-order valence-corrected chi connectivity index (χ4v) is 4.96. The second-order valence-electron chi connectivity index (χ2n) is 9.31. The Hall–Kier alpha value is -3.38. The molecule has 170 valence electrons. The molecule has 1 aliphatic heterocycles. The molecular weight excluding hydrogens is 412 g/mol. The van der Waals surface area contributed by atoms with E-state index in [1.165, 1.54) is 11.1 Å². The van der Waals surface area contributed by atoms with Gasteiger partial charge in [0.15, 0.2) is 0 Å². The number of aromatic amines is 1. The zero-order chi connectivity index (χ0) is 23.3. The number of aryl methyl sites for hydroxylation is 2. The minimum atomic E-state index is -0.856. The molecule has 0 aliphatic carbocycles. The molecule has 0 unspecified atom stereocenters. The predicted octanol–water partition coefficient (Wildman–Crippen LogP) is 5.29. The number of nitrogens with zero attached hydrogens (tertiary/aromatic N) is 3. The monoisotopic (exact) mass is 442 g/mol. The highest BCUT2D eigenvalue weighted by molar-refractivity contribution is 5.87. The minimum Gasteiger partial charge on any atom is -0.366 e. The van der Waals surface area contributed by atoms with Gasteiger partial charge in [-0.1, -0.05) is 24.3 Å². The molecule has 0 spiro atoms. The number of benzene rings is 2. The number of carbonyl (C=O) groups is 1. The fourth-order valence-electron chi connectivity index (χ4n) is 4.96. The number of ether oxygens (including phenoxy) is 1. The standard InChI is InChI=1S/C27H30N4O2/c1-6-33-27(4,5)26(32)30-15-21-23(16-30)29-31(24-17(2)8-7-9-18(24)3)25(21)20-10-11-22-19(14-20)12-13-28-22/h7-14,28H,6,15-16H2,1-5H3. The largest absolute Gasteiger partial charge is 0.366 e. The van der Waals surface area contributed by atoms with Gasteiger partial charge in [-0.25, -0.2) is 4.68 Å². The Labute approximate surface area is 194 Å². The molecule has 5 rings (SSSR count). The molecule has 2 aromatic heterocycles. The maximum Gasteiger partial charge on any atom is 0.254 e. The number of para-hydroxylation sites is 1. The van der Waals surface area contributed by atoms with Crippen molar-refractivity contribution in [1.82, 2.24) is 19.7 Å². The molecule has 4 aromatic rings. The lowest BCUT2D eigenvalue weighted by atomic mass is 10.0. The van der Waals surface area contributed by atoms with E-state index in [9.17, 15) is 4.79 Å². The number of hydrogen-bond donors (Lipinski definition) is 1. The van der Waals surface area contributed by atoms with Gasteiger partial charge >= 0.3 is 0 Å². The number of carbonyl (C=O) groups excluding carboxylic acids is 1. The molecule has 0 bridgehead atoms. The molecule has 0 saturated carbocycles. The summed E-state index contributed by atoms with van der Waals surface area (Å²) in [7, 11) is 0. The second kappa shape index (κ2) is 7.89. The van der Waals surface area contributed by atoms with Crippen molar-refractivity contribution in [2.75, 3.05) is 6.61 Å². The summed E-state index contributed by atoms with van der Waals surface area (Å²) < 4.78 is 7.82. The van der Waals surface area contributed by atoms with Crippen LogP contribution >= 0.6 is 0 Å². The van der Waals surface area contributed by atoms with E-state index >= 15 is 0 Å². The maximum atomic E-state index is 13.2. The van der Waals surface area contributed by atoms with E-state index in [1.54, 1.807) is 0 Å². The number of nitrogens with one attached hydrogen (secondary N) is 1. The summed E-state index contributed by atoms with van der Waals surface area (Å²) in [6.07, 6.45) is 1.96. The first-order chi connectivity index (χ1) is 15.8. The average Bonchev–Trinajstić information content (AvgIpc) is 3.46. The lowest BCUT2D eigenvalue weighted by molar-refractivity contribution is -0.154. The first-order valence-electron chi connectivity index (χ1n) is 11.5. The van der Waals surface area contributed by atoms with E-state index in [0.29, 0.717) is 19.7 Å². The zero-order valence-corrected chi connectivity index (χ0v) is 19.9. The molecule has 0 radical (unpaired) electrons. The van der Waals surface area contributed by atoms with Crippen molar-refractivity contribution >= 4 is 16.8 Å². The Morgan fingerprint density at radius 1 is 1.12 bits per heavy atom. The van der Waals surface area contributed by atoms with Crippen molar-refractivity contribution < 1.29 is 9.53 Å². The summed E-state index contributed by atoms with van der Waals surface area (Å²) in [5, 5.41) is 6.21. The van der Waals surface area contributed by atoms with Gasteiger partial charge in [0.1, 0.15) is 5.60 Å². The number of aromatic nitrogens is 3. The second-order valence-corrected chi connectivity index (χ2v) is 9.31. The summed E-state index contributed by atoms with van der Waals surface area (Å²) in [5.41, 5.74) is 7.89. The molecule has 0 saturated heterocycles. The van der Waals surface area contributed by atoms with Crippen LogP contribution in [0.1, 0.15) is 43.2 Å². The maximum absolute atomic E-state index is 13.2.